The van der Waals surface area contributed by atoms with Crippen LogP contribution in [0.3, 0.4) is 0 Å². The van der Waals surface area contributed by atoms with Crippen molar-refractivity contribution in [2.75, 3.05) is 4.90 Å². The summed E-state index contributed by atoms with van der Waals surface area (Å²) in [5, 5.41) is 0.111. The first kappa shape index (κ1) is 24.3. The topological polar surface area (TPSA) is 49.4 Å². The fraction of sp³-hybridized carbons (Fsp3) is 0.0476. The first-order chi connectivity index (χ1) is 15.1. The van der Waals surface area contributed by atoms with Crippen LogP contribution in [0.25, 0.3) is 0 Å². The van der Waals surface area contributed by atoms with E-state index in [1.54, 1.807) is 24.3 Å². The van der Waals surface area contributed by atoms with Crippen LogP contribution in [0.4, 0.5) is 23.7 Å². The zero-order valence-corrected chi connectivity index (χ0v) is 18.9. The molecule has 3 rings (SSSR count). The van der Waals surface area contributed by atoms with E-state index in [-0.39, 0.29) is 21.3 Å². The van der Waals surface area contributed by atoms with Gasteiger partial charge in [0.25, 0.3) is 5.91 Å². The molecule has 0 aliphatic carbocycles. The minimum atomic E-state index is -4.49. The smallest absolute Gasteiger partial charge is 0.268 e. The third-order valence-electron chi connectivity index (χ3n) is 4.17. The lowest BCUT2D eigenvalue weighted by Crippen LogP contribution is -2.41. The molecule has 0 radical (unpaired) electrons. The van der Waals surface area contributed by atoms with E-state index in [1.807, 2.05) is 4.84 Å². The summed E-state index contributed by atoms with van der Waals surface area (Å²) in [7, 11) is 0. The van der Waals surface area contributed by atoms with Gasteiger partial charge in [0.2, 0.25) is 0 Å². The molecule has 3 aromatic carbocycles. The van der Waals surface area contributed by atoms with Crippen LogP contribution in [0.1, 0.15) is 15.9 Å². The second-order valence-corrected chi connectivity index (χ2v) is 8.38. The van der Waals surface area contributed by atoms with Crippen LogP contribution in [-0.4, -0.2) is 11.9 Å². The van der Waals surface area contributed by atoms with Crippen LogP contribution in [0.2, 0.25) is 10.0 Å². The predicted molar refractivity (Wildman–Crippen MR) is 120 cm³/mol. The molecule has 0 aliphatic rings. The highest BCUT2D eigenvalue weighted by Gasteiger charge is 2.31. The summed E-state index contributed by atoms with van der Waals surface area (Å²) < 4.78 is 38.4. The van der Waals surface area contributed by atoms with Crippen molar-refractivity contribution in [2.24, 2.45) is 0 Å². The molecular formula is C21H12Cl3F3N2O2S. The van der Waals surface area contributed by atoms with Crippen molar-refractivity contribution in [3.8, 4) is 0 Å². The van der Waals surface area contributed by atoms with Gasteiger partial charge in [-0.3, -0.25) is 4.79 Å². The highest BCUT2D eigenvalue weighted by Crippen LogP contribution is 2.38. The molecule has 0 unspecified atom stereocenters. The van der Waals surface area contributed by atoms with E-state index in [4.69, 9.17) is 35.0 Å². The van der Waals surface area contributed by atoms with Crippen molar-refractivity contribution in [3.05, 3.63) is 87.9 Å². The molecule has 4 nitrogen and oxygen atoms in total. The Kier molecular flexibility index (Phi) is 7.61. The molecule has 0 saturated carbocycles. The summed E-state index contributed by atoms with van der Waals surface area (Å²) in [6.45, 7) is 0. The van der Waals surface area contributed by atoms with E-state index in [1.165, 1.54) is 30.3 Å². The van der Waals surface area contributed by atoms with Crippen LogP contribution in [0, 0.1) is 0 Å². The van der Waals surface area contributed by atoms with E-state index < -0.39 is 23.7 Å². The van der Waals surface area contributed by atoms with Gasteiger partial charge < -0.3 is 0 Å². The number of imide groups is 1. The van der Waals surface area contributed by atoms with E-state index in [2.05, 4.69) is 0 Å². The minimum Gasteiger partial charge on any atom is -0.268 e. The third kappa shape index (κ3) is 5.50. The molecule has 0 aromatic heterocycles. The second-order valence-electron chi connectivity index (χ2n) is 6.26. The van der Waals surface area contributed by atoms with Crippen LogP contribution < -0.4 is 9.74 Å². The Morgan fingerprint density at radius 3 is 2.12 bits per heavy atom. The largest absolute Gasteiger partial charge is 0.416 e. The summed E-state index contributed by atoms with van der Waals surface area (Å²) in [6, 6.07) is 14.6. The fourth-order valence-electron chi connectivity index (χ4n) is 2.67. The average Bonchev–Trinajstić information content (AvgIpc) is 2.75. The summed E-state index contributed by atoms with van der Waals surface area (Å²) in [4.78, 5) is 28.9. The molecule has 0 atom stereocenters. The Morgan fingerprint density at radius 1 is 0.906 bits per heavy atom. The molecule has 0 saturated heterocycles. The Bertz CT molecular complexity index is 1160. The van der Waals surface area contributed by atoms with Gasteiger partial charge in [-0.15, -0.1) is 0 Å². The number of halogens is 6. The van der Waals surface area contributed by atoms with Crippen molar-refractivity contribution >= 4 is 64.4 Å². The molecule has 0 fully saturated rings. The van der Waals surface area contributed by atoms with E-state index in [0.29, 0.717) is 9.79 Å². The summed E-state index contributed by atoms with van der Waals surface area (Å²) in [6.07, 6.45) is -4.49. The number of carbonyl (C=O) groups is 2. The molecule has 3 amide bonds. The number of amides is 3. The maximum atomic E-state index is 12.9. The van der Waals surface area contributed by atoms with Crippen molar-refractivity contribution in [1.82, 2.24) is 4.84 Å². The van der Waals surface area contributed by atoms with E-state index >= 15 is 0 Å². The Morgan fingerprint density at radius 2 is 1.56 bits per heavy atom. The second kappa shape index (κ2) is 10.0. The third-order valence-corrected chi connectivity index (χ3v) is 6.17. The summed E-state index contributed by atoms with van der Waals surface area (Å²) in [5.74, 6) is -0.695. The monoisotopic (exact) mass is 518 g/mol. The lowest BCUT2D eigenvalue weighted by molar-refractivity contribution is -0.137. The van der Waals surface area contributed by atoms with Gasteiger partial charge in [-0.25, -0.2) is 14.5 Å². The highest BCUT2D eigenvalue weighted by molar-refractivity contribution is 7.99. The molecular weight excluding hydrogens is 508 g/mol. The number of alkyl halides is 3. The van der Waals surface area contributed by atoms with Crippen molar-refractivity contribution < 1.29 is 22.8 Å². The molecule has 0 heterocycles. The minimum absolute atomic E-state index is 0.0501. The number of benzene rings is 3. The van der Waals surface area contributed by atoms with Gasteiger partial charge >= 0.3 is 12.2 Å². The maximum absolute atomic E-state index is 12.9. The molecule has 1 N–H and O–H groups in total. The number of rotatable bonds is 4. The standard InChI is InChI=1S/C21H12Cl3F3N2O2S/c22-16-4-2-1-3-15(16)19(30)29(20(31)28-24)13-6-8-14(9-7-13)32-18-10-5-12(11-17(18)23)21(25,26)27/h1-11H,(H,28,31). The number of carbonyl (C=O) groups excluding carboxylic acids is 2. The van der Waals surface area contributed by atoms with Crippen LogP contribution >= 0.6 is 46.7 Å². The highest BCUT2D eigenvalue weighted by atomic mass is 35.5. The number of anilines is 1. The van der Waals surface area contributed by atoms with Crippen molar-refractivity contribution in [2.45, 2.75) is 16.0 Å². The van der Waals surface area contributed by atoms with Gasteiger partial charge in [-0.05, 0) is 54.6 Å². The quantitative estimate of drug-likeness (QED) is 0.360. The van der Waals surface area contributed by atoms with Gasteiger partial charge in [0, 0.05) is 21.6 Å². The zero-order valence-electron chi connectivity index (χ0n) is 15.8. The number of hydrogen-bond acceptors (Lipinski definition) is 3. The molecule has 0 spiro atoms. The normalized spacial score (nSPS) is 11.2. The SMILES string of the molecule is O=C(NCl)N(C(=O)c1ccccc1Cl)c1ccc(Sc2ccc(C(F)(F)F)cc2Cl)cc1. The lowest BCUT2D eigenvalue weighted by Gasteiger charge is -2.20. The van der Waals surface area contributed by atoms with E-state index in [0.717, 1.165) is 28.8 Å². The predicted octanol–water partition coefficient (Wildman–Crippen LogP) is 7.67. The molecule has 166 valence electrons. The summed E-state index contributed by atoms with van der Waals surface area (Å²) >= 11 is 18.6. The fourth-order valence-corrected chi connectivity index (χ4v) is 4.09. The Hall–Kier alpha value is -2.39. The molecule has 32 heavy (non-hydrogen) atoms. The van der Waals surface area contributed by atoms with Gasteiger partial charge in [-0.2, -0.15) is 13.2 Å². The first-order valence-corrected chi connectivity index (χ1v) is 10.7. The Balaban J connectivity index is 1.86. The maximum Gasteiger partial charge on any atom is 0.416 e. The molecule has 3 aromatic rings. The van der Waals surface area contributed by atoms with E-state index in [9.17, 15) is 22.8 Å². The van der Waals surface area contributed by atoms with Crippen LogP contribution in [0.5, 0.6) is 0 Å². The lowest BCUT2D eigenvalue weighted by atomic mass is 10.2. The summed E-state index contributed by atoms with van der Waals surface area (Å²) in [5.41, 5.74) is -0.539. The number of hydrogen-bond donors (Lipinski definition) is 1. The van der Waals surface area contributed by atoms with Crippen molar-refractivity contribution in [1.29, 1.82) is 0 Å². The van der Waals surface area contributed by atoms with Crippen molar-refractivity contribution in [3.63, 3.8) is 0 Å². The van der Waals surface area contributed by atoms with Crippen LogP contribution in [0.15, 0.2) is 76.5 Å². The molecule has 0 aliphatic heterocycles. The van der Waals surface area contributed by atoms with Gasteiger partial charge in [0.05, 0.1) is 26.9 Å². The Labute approximate surface area is 200 Å². The molecule has 11 heteroatoms. The first-order valence-electron chi connectivity index (χ1n) is 8.76. The number of nitrogens with zero attached hydrogens (tertiary/aromatic N) is 1. The number of nitrogens with one attached hydrogen (secondary N) is 1. The number of urea groups is 1. The van der Waals surface area contributed by atoms with Crippen LogP contribution in [-0.2, 0) is 6.18 Å². The average molecular weight is 520 g/mol. The van der Waals surface area contributed by atoms with Gasteiger partial charge in [-0.1, -0.05) is 47.1 Å². The zero-order chi connectivity index (χ0) is 23.5. The molecule has 0 bridgehead atoms. The van der Waals surface area contributed by atoms with Gasteiger partial charge in [0.1, 0.15) is 0 Å². The van der Waals surface area contributed by atoms with Gasteiger partial charge in [0.15, 0.2) is 0 Å².